The molecule has 27 heavy (non-hydrogen) atoms. The Labute approximate surface area is 160 Å². The number of aromatic nitrogens is 3. The number of halogens is 1. The average molecular weight is 389 g/mol. The van der Waals surface area contributed by atoms with Crippen molar-refractivity contribution < 1.29 is 4.79 Å². The van der Waals surface area contributed by atoms with Crippen LogP contribution in [0.4, 0.5) is 0 Å². The third-order valence-corrected chi connectivity index (χ3v) is 4.61. The number of amides is 1. The zero-order valence-corrected chi connectivity index (χ0v) is 16.1. The molecule has 3 aromatic rings. The first kappa shape index (κ1) is 19.0. The van der Waals surface area contributed by atoms with Gasteiger partial charge in [0.05, 0.1) is 16.8 Å². The van der Waals surface area contributed by atoms with Crippen LogP contribution >= 0.6 is 11.6 Å². The maximum absolute atomic E-state index is 13.0. The number of rotatable bonds is 5. The third-order valence-electron chi connectivity index (χ3n) is 4.36. The van der Waals surface area contributed by atoms with Crippen molar-refractivity contribution in [2.45, 2.75) is 20.3 Å². The molecule has 0 aliphatic heterocycles. The first-order chi connectivity index (χ1) is 12.8. The van der Waals surface area contributed by atoms with Crippen LogP contribution in [-0.4, -0.2) is 26.6 Å². The summed E-state index contributed by atoms with van der Waals surface area (Å²) in [5.41, 5.74) is 0.0424. The van der Waals surface area contributed by atoms with Crippen LogP contribution in [0.1, 0.15) is 30.6 Å². The van der Waals surface area contributed by atoms with Crippen LogP contribution in [0.2, 0.25) is 5.02 Å². The molecule has 0 aliphatic rings. The highest BCUT2D eigenvalue weighted by Gasteiger charge is 2.20. The van der Waals surface area contributed by atoms with Gasteiger partial charge in [0.15, 0.2) is 0 Å². The summed E-state index contributed by atoms with van der Waals surface area (Å²) in [4.78, 5) is 40.7. The zero-order chi connectivity index (χ0) is 19.7. The average Bonchev–Trinajstić information content (AvgIpc) is 2.93. The number of nitrogens with one attached hydrogen (secondary N) is 2. The van der Waals surface area contributed by atoms with Crippen LogP contribution in [0.3, 0.4) is 0 Å². The van der Waals surface area contributed by atoms with Gasteiger partial charge in [-0.3, -0.25) is 9.59 Å². The number of hydrogen-bond donors (Lipinski definition) is 2. The maximum Gasteiger partial charge on any atom is 0.333 e. The van der Waals surface area contributed by atoms with Gasteiger partial charge in [-0.15, -0.1) is 0 Å². The Balaban J connectivity index is 2.09. The van der Waals surface area contributed by atoms with Crippen LogP contribution < -0.4 is 16.6 Å². The molecule has 0 atom stereocenters. The predicted molar refractivity (Wildman–Crippen MR) is 106 cm³/mol. The van der Waals surface area contributed by atoms with Gasteiger partial charge >= 0.3 is 5.69 Å². The first-order valence-electron chi connectivity index (χ1n) is 8.68. The largest absolute Gasteiger partial charge is 0.352 e. The number of hydrogen-bond acceptors (Lipinski definition) is 3. The standard InChI is InChI=1S/C19H21ClN4O3/c1-11(2)8-9-21-17(25)14-10-23(3)16-15(14)22-19(27)24(18(16)26)13-6-4-12(20)5-7-13/h4-7,10-11H,8-9H2,1-3H3,(H,21,25)(H,22,27). The van der Waals surface area contributed by atoms with Crippen LogP contribution in [0.15, 0.2) is 40.1 Å². The summed E-state index contributed by atoms with van der Waals surface area (Å²) in [6.07, 6.45) is 2.40. The quantitative estimate of drug-likeness (QED) is 0.703. The van der Waals surface area contributed by atoms with Gasteiger partial charge in [-0.05, 0) is 36.6 Å². The Hall–Kier alpha value is -2.80. The van der Waals surface area contributed by atoms with Crippen LogP contribution in [-0.2, 0) is 7.05 Å². The Bertz CT molecular complexity index is 1110. The zero-order valence-electron chi connectivity index (χ0n) is 15.4. The molecule has 2 heterocycles. The van der Waals surface area contributed by atoms with E-state index in [9.17, 15) is 14.4 Å². The number of fused-ring (bicyclic) bond motifs is 1. The summed E-state index contributed by atoms with van der Waals surface area (Å²) in [5, 5.41) is 3.33. The number of H-pyrrole nitrogens is 1. The van der Waals surface area contributed by atoms with E-state index in [4.69, 9.17) is 11.6 Å². The summed E-state index contributed by atoms with van der Waals surface area (Å²) in [5.74, 6) is 0.143. The van der Waals surface area contributed by atoms with Gasteiger partial charge in [0.2, 0.25) is 0 Å². The van der Waals surface area contributed by atoms with Gasteiger partial charge < -0.3 is 14.9 Å². The second-order valence-corrected chi connectivity index (χ2v) is 7.30. The number of aryl methyl sites for hydroxylation is 1. The smallest absolute Gasteiger partial charge is 0.333 e. The van der Waals surface area contributed by atoms with Crippen molar-refractivity contribution in [2.24, 2.45) is 13.0 Å². The van der Waals surface area contributed by atoms with Crippen LogP contribution in [0, 0.1) is 5.92 Å². The van der Waals surface area contributed by atoms with E-state index in [1.807, 2.05) is 0 Å². The molecule has 3 rings (SSSR count). The number of nitrogens with zero attached hydrogens (tertiary/aromatic N) is 2. The van der Waals surface area contributed by atoms with Crippen molar-refractivity contribution in [2.75, 3.05) is 6.54 Å². The van der Waals surface area contributed by atoms with Gasteiger partial charge in [0, 0.05) is 24.8 Å². The van der Waals surface area contributed by atoms with Gasteiger partial charge in [-0.1, -0.05) is 25.4 Å². The summed E-state index contributed by atoms with van der Waals surface area (Å²) >= 11 is 5.88. The molecular weight excluding hydrogens is 368 g/mol. The highest BCUT2D eigenvalue weighted by molar-refractivity contribution is 6.30. The number of benzene rings is 1. The summed E-state index contributed by atoms with van der Waals surface area (Å²) < 4.78 is 2.58. The maximum atomic E-state index is 13.0. The highest BCUT2D eigenvalue weighted by atomic mass is 35.5. The van der Waals surface area contributed by atoms with Crippen molar-refractivity contribution >= 4 is 28.5 Å². The van der Waals surface area contributed by atoms with E-state index in [1.165, 1.54) is 0 Å². The Morgan fingerprint density at radius 3 is 2.52 bits per heavy atom. The molecular formula is C19H21ClN4O3. The molecule has 0 spiro atoms. The Morgan fingerprint density at radius 2 is 1.89 bits per heavy atom. The lowest BCUT2D eigenvalue weighted by molar-refractivity contribution is 0.0953. The molecule has 7 nitrogen and oxygen atoms in total. The number of aromatic amines is 1. The summed E-state index contributed by atoms with van der Waals surface area (Å²) in [6, 6.07) is 6.39. The number of carbonyl (C=O) groups is 1. The molecule has 0 saturated heterocycles. The van der Waals surface area contributed by atoms with Crippen molar-refractivity contribution in [1.29, 1.82) is 0 Å². The third kappa shape index (κ3) is 3.68. The molecule has 142 valence electrons. The second-order valence-electron chi connectivity index (χ2n) is 6.86. The first-order valence-corrected chi connectivity index (χ1v) is 9.06. The van der Waals surface area contributed by atoms with Crippen molar-refractivity contribution in [3.05, 3.63) is 61.9 Å². The van der Waals surface area contributed by atoms with E-state index in [1.54, 1.807) is 42.1 Å². The lowest BCUT2D eigenvalue weighted by Crippen LogP contribution is -2.34. The Kier molecular flexibility index (Phi) is 5.23. The molecule has 0 saturated carbocycles. The fourth-order valence-corrected chi connectivity index (χ4v) is 3.06. The van der Waals surface area contributed by atoms with E-state index in [0.717, 1.165) is 11.0 Å². The SMILES string of the molecule is CC(C)CCNC(=O)c1cn(C)c2c(=O)n(-c3ccc(Cl)cc3)c(=O)[nH]c12. The number of carbonyl (C=O) groups excluding carboxylic acids is 1. The molecule has 0 fully saturated rings. The molecule has 1 aromatic carbocycles. The normalized spacial score (nSPS) is 11.3. The fraction of sp³-hybridized carbons (Fsp3) is 0.316. The van der Waals surface area contributed by atoms with Crippen molar-refractivity contribution in [3.63, 3.8) is 0 Å². The minimum atomic E-state index is -0.614. The van der Waals surface area contributed by atoms with E-state index in [0.29, 0.717) is 23.2 Å². The Morgan fingerprint density at radius 1 is 1.22 bits per heavy atom. The van der Waals surface area contributed by atoms with Crippen molar-refractivity contribution in [3.8, 4) is 5.69 Å². The van der Waals surface area contributed by atoms with Gasteiger partial charge in [0.25, 0.3) is 11.5 Å². The summed E-state index contributed by atoms with van der Waals surface area (Å²) in [7, 11) is 1.67. The molecule has 2 aromatic heterocycles. The second kappa shape index (κ2) is 7.44. The minimum absolute atomic E-state index is 0.236. The van der Waals surface area contributed by atoms with E-state index < -0.39 is 11.2 Å². The summed E-state index contributed by atoms with van der Waals surface area (Å²) in [6.45, 7) is 4.67. The monoisotopic (exact) mass is 388 g/mol. The topological polar surface area (TPSA) is 88.9 Å². The van der Waals surface area contributed by atoms with Crippen LogP contribution in [0.5, 0.6) is 0 Å². The van der Waals surface area contributed by atoms with Gasteiger partial charge in [0.1, 0.15) is 5.52 Å². The molecule has 0 aliphatic carbocycles. The molecule has 0 unspecified atom stereocenters. The lowest BCUT2D eigenvalue weighted by Gasteiger charge is -2.07. The minimum Gasteiger partial charge on any atom is -0.352 e. The van der Waals surface area contributed by atoms with Crippen molar-refractivity contribution in [1.82, 2.24) is 19.4 Å². The van der Waals surface area contributed by atoms with E-state index in [-0.39, 0.29) is 22.5 Å². The highest BCUT2D eigenvalue weighted by Crippen LogP contribution is 2.16. The molecule has 1 amide bonds. The molecule has 2 N–H and O–H groups in total. The fourth-order valence-electron chi connectivity index (χ4n) is 2.94. The molecule has 0 bridgehead atoms. The van der Waals surface area contributed by atoms with Crippen LogP contribution in [0.25, 0.3) is 16.7 Å². The molecule has 8 heteroatoms. The predicted octanol–water partition coefficient (Wildman–Crippen LogP) is 2.45. The van der Waals surface area contributed by atoms with Gasteiger partial charge in [-0.2, -0.15) is 0 Å². The lowest BCUT2D eigenvalue weighted by atomic mass is 10.1. The molecule has 0 radical (unpaired) electrons. The van der Waals surface area contributed by atoms with Gasteiger partial charge in [-0.25, -0.2) is 9.36 Å². The van der Waals surface area contributed by atoms with E-state index >= 15 is 0 Å². The van der Waals surface area contributed by atoms with E-state index in [2.05, 4.69) is 24.1 Å².